The number of carbonyl (C=O) groups excluding carboxylic acids is 1. The largest absolute Gasteiger partial charge is 0.298 e. The van der Waals surface area contributed by atoms with Gasteiger partial charge in [-0.25, -0.2) is 9.50 Å². The number of nitrogens with zero attached hydrogens (tertiary/aromatic N) is 3. The highest BCUT2D eigenvalue weighted by Gasteiger charge is 2.22. The lowest BCUT2D eigenvalue weighted by molar-refractivity contribution is 0.112. The smallest absolute Gasteiger partial charge is 0.165 e. The predicted molar refractivity (Wildman–Crippen MR) is 71.9 cm³/mol. The van der Waals surface area contributed by atoms with Gasteiger partial charge in [0.2, 0.25) is 0 Å². The van der Waals surface area contributed by atoms with Crippen molar-refractivity contribution in [2.45, 2.75) is 38.0 Å². The summed E-state index contributed by atoms with van der Waals surface area (Å²) in [5.41, 5.74) is 2.38. The fourth-order valence-corrected chi connectivity index (χ4v) is 3.37. The van der Waals surface area contributed by atoms with Crippen molar-refractivity contribution in [1.82, 2.24) is 14.6 Å². The first kappa shape index (κ1) is 11.8. The molecule has 0 saturated heterocycles. The molecule has 0 atom stereocenters. The standard InChI is InChI=1S/C13H14BrN3O/c14-11-7-15-13-10(8-18)6-16-17(13)12(11)9-4-2-1-3-5-9/h6-9H,1-5H2. The SMILES string of the molecule is O=Cc1cnn2c(C3CCCCC3)c(Br)cnc12. The Balaban J connectivity index is 2.16. The third kappa shape index (κ3) is 1.86. The van der Waals surface area contributed by atoms with Gasteiger partial charge >= 0.3 is 0 Å². The van der Waals surface area contributed by atoms with Crippen molar-refractivity contribution in [3.05, 3.63) is 28.1 Å². The van der Waals surface area contributed by atoms with Crippen LogP contribution in [0.3, 0.4) is 0 Å². The summed E-state index contributed by atoms with van der Waals surface area (Å²) in [6, 6.07) is 0. The van der Waals surface area contributed by atoms with E-state index in [4.69, 9.17) is 0 Å². The second-order valence-electron chi connectivity index (χ2n) is 4.78. The molecule has 0 unspecified atom stereocenters. The molecule has 0 radical (unpaired) electrons. The first-order chi connectivity index (χ1) is 8.81. The van der Waals surface area contributed by atoms with Gasteiger partial charge < -0.3 is 0 Å². The zero-order valence-electron chi connectivity index (χ0n) is 9.97. The van der Waals surface area contributed by atoms with Gasteiger partial charge in [-0.05, 0) is 28.8 Å². The molecular weight excluding hydrogens is 294 g/mol. The van der Waals surface area contributed by atoms with Crippen LogP contribution >= 0.6 is 15.9 Å². The Morgan fingerprint density at radius 3 is 2.78 bits per heavy atom. The highest BCUT2D eigenvalue weighted by molar-refractivity contribution is 9.10. The zero-order chi connectivity index (χ0) is 12.5. The lowest BCUT2D eigenvalue weighted by atomic mass is 9.87. The lowest BCUT2D eigenvalue weighted by Crippen LogP contribution is -2.11. The molecule has 18 heavy (non-hydrogen) atoms. The number of hydrogen-bond acceptors (Lipinski definition) is 3. The van der Waals surface area contributed by atoms with Gasteiger partial charge in [-0.3, -0.25) is 4.79 Å². The third-order valence-electron chi connectivity index (χ3n) is 3.66. The van der Waals surface area contributed by atoms with Gasteiger partial charge in [-0.1, -0.05) is 19.3 Å². The minimum absolute atomic E-state index is 0.512. The molecule has 1 aliphatic carbocycles. The molecule has 4 nitrogen and oxygen atoms in total. The molecule has 0 spiro atoms. The van der Waals surface area contributed by atoms with E-state index in [0.29, 0.717) is 17.1 Å². The predicted octanol–water partition coefficient (Wildman–Crippen LogP) is 3.35. The molecule has 5 heteroatoms. The van der Waals surface area contributed by atoms with Crippen LogP contribution in [-0.4, -0.2) is 20.9 Å². The van der Waals surface area contributed by atoms with Gasteiger partial charge in [0.05, 0.1) is 21.9 Å². The summed E-state index contributed by atoms with van der Waals surface area (Å²) in [6.07, 6.45) is 10.4. The maximum atomic E-state index is 10.9. The summed E-state index contributed by atoms with van der Waals surface area (Å²) >= 11 is 3.57. The molecule has 0 bridgehead atoms. The average molecular weight is 308 g/mol. The Bertz CT molecular complexity index is 587. The van der Waals surface area contributed by atoms with Crippen LogP contribution in [0, 0.1) is 0 Å². The van der Waals surface area contributed by atoms with Crippen molar-refractivity contribution in [1.29, 1.82) is 0 Å². The first-order valence-corrected chi connectivity index (χ1v) is 7.08. The van der Waals surface area contributed by atoms with Crippen molar-refractivity contribution in [2.24, 2.45) is 0 Å². The first-order valence-electron chi connectivity index (χ1n) is 6.28. The third-order valence-corrected chi connectivity index (χ3v) is 4.27. The van der Waals surface area contributed by atoms with Gasteiger partial charge in [0.1, 0.15) is 0 Å². The number of aromatic nitrogens is 3. The molecule has 2 aromatic heterocycles. The van der Waals surface area contributed by atoms with Crippen LogP contribution in [0.25, 0.3) is 5.65 Å². The van der Waals surface area contributed by atoms with E-state index in [2.05, 4.69) is 26.0 Å². The Kier molecular flexibility index (Phi) is 3.16. The fourth-order valence-electron chi connectivity index (χ4n) is 2.77. The van der Waals surface area contributed by atoms with E-state index in [-0.39, 0.29) is 0 Å². The Morgan fingerprint density at radius 1 is 1.28 bits per heavy atom. The van der Waals surface area contributed by atoms with Gasteiger partial charge in [0, 0.05) is 12.1 Å². The second-order valence-corrected chi connectivity index (χ2v) is 5.63. The highest BCUT2D eigenvalue weighted by Crippen LogP contribution is 2.36. The number of halogens is 1. The summed E-state index contributed by atoms with van der Waals surface area (Å²) in [5, 5.41) is 4.32. The van der Waals surface area contributed by atoms with Crippen LogP contribution in [0.1, 0.15) is 54.1 Å². The van der Waals surface area contributed by atoms with Crippen molar-refractivity contribution < 1.29 is 4.79 Å². The normalized spacial score (nSPS) is 17.2. The number of carbonyl (C=O) groups is 1. The van der Waals surface area contributed by atoms with E-state index in [1.54, 1.807) is 12.4 Å². The minimum atomic E-state index is 0.512. The van der Waals surface area contributed by atoms with Crippen LogP contribution in [0.5, 0.6) is 0 Å². The van der Waals surface area contributed by atoms with Crippen molar-refractivity contribution in [3.63, 3.8) is 0 Å². The maximum absolute atomic E-state index is 10.9. The van der Waals surface area contributed by atoms with Gasteiger partial charge in [0.15, 0.2) is 11.9 Å². The van der Waals surface area contributed by atoms with Crippen molar-refractivity contribution in [2.75, 3.05) is 0 Å². The molecule has 2 heterocycles. The summed E-state index contributed by atoms with van der Waals surface area (Å²) in [5.74, 6) is 0.512. The van der Waals surface area contributed by atoms with E-state index in [9.17, 15) is 4.79 Å². The molecule has 0 aliphatic heterocycles. The summed E-state index contributed by atoms with van der Waals surface area (Å²) in [7, 11) is 0. The van der Waals surface area contributed by atoms with Crippen LogP contribution in [-0.2, 0) is 0 Å². The van der Waals surface area contributed by atoms with Crippen LogP contribution in [0.4, 0.5) is 0 Å². The molecule has 94 valence electrons. The molecule has 1 saturated carbocycles. The number of rotatable bonds is 2. The maximum Gasteiger partial charge on any atom is 0.165 e. The Labute approximate surface area is 114 Å². The topological polar surface area (TPSA) is 47.3 Å². The van der Waals surface area contributed by atoms with Gasteiger partial charge in [-0.15, -0.1) is 0 Å². The number of fused-ring (bicyclic) bond motifs is 1. The zero-order valence-corrected chi connectivity index (χ0v) is 11.6. The van der Waals surface area contributed by atoms with E-state index in [0.717, 1.165) is 16.5 Å². The highest BCUT2D eigenvalue weighted by atomic mass is 79.9. The Morgan fingerprint density at radius 2 is 2.06 bits per heavy atom. The van der Waals surface area contributed by atoms with E-state index < -0.39 is 0 Å². The van der Waals surface area contributed by atoms with E-state index in [1.807, 2.05) is 4.52 Å². The fraction of sp³-hybridized carbons (Fsp3) is 0.462. The molecule has 0 N–H and O–H groups in total. The molecule has 2 aromatic rings. The number of aldehydes is 1. The average Bonchev–Trinajstić information content (AvgIpc) is 2.82. The summed E-state index contributed by atoms with van der Waals surface area (Å²) in [6.45, 7) is 0. The Hall–Kier alpha value is -1.23. The molecule has 1 fully saturated rings. The van der Waals surface area contributed by atoms with Gasteiger partial charge in [-0.2, -0.15) is 5.10 Å². The van der Waals surface area contributed by atoms with E-state index in [1.165, 1.54) is 32.1 Å². The number of hydrogen-bond donors (Lipinski definition) is 0. The quantitative estimate of drug-likeness (QED) is 0.799. The van der Waals surface area contributed by atoms with Gasteiger partial charge in [0.25, 0.3) is 0 Å². The lowest BCUT2D eigenvalue weighted by Gasteiger charge is -2.23. The molecule has 3 rings (SSSR count). The molecule has 0 amide bonds. The van der Waals surface area contributed by atoms with E-state index >= 15 is 0 Å². The summed E-state index contributed by atoms with van der Waals surface area (Å²) in [4.78, 5) is 15.2. The van der Waals surface area contributed by atoms with Crippen molar-refractivity contribution >= 4 is 27.9 Å². The minimum Gasteiger partial charge on any atom is -0.298 e. The second kappa shape index (κ2) is 4.80. The van der Waals surface area contributed by atoms with Crippen LogP contribution in [0.2, 0.25) is 0 Å². The summed E-state index contributed by atoms with van der Waals surface area (Å²) < 4.78 is 2.81. The van der Waals surface area contributed by atoms with Crippen LogP contribution < -0.4 is 0 Å². The molecule has 0 aromatic carbocycles. The monoisotopic (exact) mass is 307 g/mol. The molecular formula is C13H14BrN3O. The van der Waals surface area contributed by atoms with Crippen molar-refractivity contribution in [3.8, 4) is 0 Å². The molecule has 1 aliphatic rings. The van der Waals surface area contributed by atoms with Crippen LogP contribution in [0.15, 0.2) is 16.9 Å².